The molecule has 2 aromatic carbocycles. The Morgan fingerprint density at radius 2 is 1.74 bits per heavy atom. The van der Waals surface area contributed by atoms with Crippen molar-refractivity contribution in [1.82, 2.24) is 20.2 Å². The molecule has 3 aliphatic rings. The van der Waals surface area contributed by atoms with Crippen molar-refractivity contribution in [2.45, 2.75) is 74.8 Å². The number of carbonyl (C=O) groups excluding carboxylic acids is 1. The first kappa shape index (κ1) is 40.4. The quantitative estimate of drug-likeness (QED) is 0.108. The summed E-state index contributed by atoms with van der Waals surface area (Å²) in [6.45, 7) is 0.769. The highest BCUT2D eigenvalue weighted by Gasteiger charge is 2.41. The highest BCUT2D eigenvalue weighted by atomic mass is 35.5. The van der Waals surface area contributed by atoms with E-state index in [2.05, 4.69) is 20.6 Å². The number of methoxy groups -OCH3 is 1. The van der Waals surface area contributed by atoms with Crippen LogP contribution in [0.2, 0.25) is 10.0 Å². The summed E-state index contributed by atoms with van der Waals surface area (Å²) in [4.78, 5) is 47.7. The van der Waals surface area contributed by atoms with Gasteiger partial charge in [-0.25, -0.2) is 14.6 Å². The van der Waals surface area contributed by atoms with Crippen molar-refractivity contribution in [2.75, 3.05) is 32.1 Å². The molecular weight excluding hydrogens is 777 g/mol. The van der Waals surface area contributed by atoms with Crippen LogP contribution in [-0.4, -0.2) is 97.1 Å². The van der Waals surface area contributed by atoms with Gasteiger partial charge in [0.1, 0.15) is 16.9 Å². The second kappa shape index (κ2) is 16.6. The van der Waals surface area contributed by atoms with Crippen LogP contribution in [0.1, 0.15) is 70.8 Å². The summed E-state index contributed by atoms with van der Waals surface area (Å²) in [5, 5.41) is 46.3. The zero-order valence-electron chi connectivity index (χ0n) is 31.1. The predicted octanol–water partition coefficient (Wildman–Crippen LogP) is 5.30. The second-order valence-corrected chi connectivity index (χ2v) is 15.7. The highest BCUT2D eigenvalue weighted by molar-refractivity contribution is 6.37. The summed E-state index contributed by atoms with van der Waals surface area (Å²) in [5.41, 5.74) is 1.50. The van der Waals surface area contributed by atoms with Crippen molar-refractivity contribution in [1.29, 1.82) is 0 Å². The lowest BCUT2D eigenvalue weighted by Crippen LogP contribution is -2.55. The third kappa shape index (κ3) is 8.43. The number of amides is 1. The molecule has 2 saturated heterocycles. The fourth-order valence-electron chi connectivity index (χ4n) is 8.01. The minimum atomic E-state index is -1.82. The first-order chi connectivity index (χ1) is 27.3. The zero-order valence-corrected chi connectivity index (χ0v) is 32.6. The van der Waals surface area contributed by atoms with E-state index >= 15 is 0 Å². The van der Waals surface area contributed by atoms with Gasteiger partial charge >= 0.3 is 11.9 Å². The van der Waals surface area contributed by atoms with Crippen LogP contribution in [0.5, 0.6) is 11.8 Å². The van der Waals surface area contributed by atoms with Crippen LogP contribution in [0.15, 0.2) is 60.8 Å². The Morgan fingerprint density at radius 3 is 2.47 bits per heavy atom. The number of aliphatic hydroxyl groups is 2. The molecule has 16 heteroatoms. The van der Waals surface area contributed by atoms with E-state index in [0.29, 0.717) is 55.6 Å². The number of hydrogen-bond donors (Lipinski definition) is 6. The van der Waals surface area contributed by atoms with Gasteiger partial charge in [-0.05, 0) is 91.9 Å². The molecule has 2 aliphatic heterocycles. The molecule has 2 unspecified atom stereocenters. The Balaban J connectivity index is 1.06. The largest absolute Gasteiger partial charge is 0.481 e. The summed E-state index contributed by atoms with van der Waals surface area (Å²) >= 11 is 13.7. The number of nitrogens with one attached hydrogen (secondary N) is 2. The van der Waals surface area contributed by atoms with Crippen molar-refractivity contribution in [3.05, 3.63) is 98.7 Å². The standard InChI is InChI=1S/C41H43Cl2N5O9/c1-56-36-24(20-48-17-5-14-41(55,22-48)39(52)53)19-31(42)37(47-36)57-32-12-11-27-26(7-2-8-28(27)32)29-9-3-10-30(33(29)43)35(49)46-34-23(6-4-16-44-34)18-25-13-15-40(54,21-45-25)38(50)51/h2-4,6-10,16,19,25,32,45,54-55H,5,11-15,17-18,20-22H2,1H3,(H,50,51)(H,52,53)(H,44,46,49)/t25?,32-,40?,41+/m0/s1. The van der Waals surface area contributed by atoms with Crippen molar-refractivity contribution in [3.8, 4) is 22.9 Å². The number of β-amino-alcohol motifs (C(OH)–C–C–N with tert-alkyl or cyclic N) is 2. The van der Waals surface area contributed by atoms with Gasteiger partial charge in [-0.15, -0.1) is 0 Å². The van der Waals surface area contributed by atoms with E-state index in [0.717, 1.165) is 22.3 Å². The third-order valence-electron chi connectivity index (χ3n) is 11.1. The lowest BCUT2D eigenvalue weighted by molar-refractivity contribution is -0.164. The van der Waals surface area contributed by atoms with Crippen LogP contribution < -0.4 is 20.1 Å². The van der Waals surface area contributed by atoms with E-state index < -0.39 is 35.2 Å². The number of benzene rings is 2. The zero-order chi connectivity index (χ0) is 40.5. The number of fused-ring (bicyclic) bond motifs is 1. The smallest absolute Gasteiger partial charge is 0.337 e. The van der Waals surface area contributed by atoms with Gasteiger partial charge in [0.05, 0.1) is 17.7 Å². The number of hydrogen-bond acceptors (Lipinski definition) is 11. The second-order valence-electron chi connectivity index (χ2n) is 14.9. The number of anilines is 1. The molecule has 1 amide bonds. The number of carboxylic acids is 2. The van der Waals surface area contributed by atoms with Crippen LogP contribution in [0.25, 0.3) is 11.1 Å². The minimum absolute atomic E-state index is 0.0321. The van der Waals surface area contributed by atoms with E-state index in [-0.39, 0.29) is 65.9 Å². The number of rotatable bonds is 12. The molecular formula is C41H43Cl2N5O9. The minimum Gasteiger partial charge on any atom is -0.481 e. The average Bonchev–Trinajstić information content (AvgIpc) is 3.60. The molecule has 0 spiro atoms. The first-order valence-corrected chi connectivity index (χ1v) is 19.5. The molecule has 2 fully saturated rings. The number of aromatic nitrogens is 2. The van der Waals surface area contributed by atoms with Gasteiger partial charge in [-0.1, -0.05) is 59.6 Å². The molecule has 14 nitrogen and oxygen atoms in total. The lowest BCUT2D eigenvalue weighted by Gasteiger charge is -2.36. The lowest BCUT2D eigenvalue weighted by atomic mass is 9.88. The Kier molecular flexibility index (Phi) is 11.7. The SMILES string of the molecule is COc1nc(O[C@H]2CCc3c(-c4cccc(C(=O)Nc5ncccc5CC5CCC(O)(C(=O)O)CN5)c4Cl)cccc32)c(Cl)cc1CN1CCC[C@](O)(C(=O)O)C1. The first-order valence-electron chi connectivity index (χ1n) is 18.7. The number of nitrogens with zero attached hydrogens (tertiary/aromatic N) is 3. The summed E-state index contributed by atoms with van der Waals surface area (Å²) in [7, 11) is 1.48. The monoisotopic (exact) mass is 819 g/mol. The van der Waals surface area contributed by atoms with E-state index in [1.807, 2.05) is 35.2 Å². The van der Waals surface area contributed by atoms with Gasteiger partial charge in [-0.2, -0.15) is 4.98 Å². The number of likely N-dealkylation sites (tertiary alicyclic amines) is 1. The molecule has 0 saturated carbocycles. The molecule has 4 aromatic rings. The summed E-state index contributed by atoms with van der Waals surface area (Å²) < 4.78 is 12.0. The molecule has 0 bridgehead atoms. The Hall–Kier alpha value is -4.83. The normalized spacial score (nSPS) is 23.4. The van der Waals surface area contributed by atoms with Crippen LogP contribution in [-0.2, 0) is 29.0 Å². The molecule has 0 radical (unpaired) electrons. The maximum Gasteiger partial charge on any atom is 0.337 e. The highest BCUT2D eigenvalue weighted by Crippen LogP contribution is 2.44. The number of ether oxygens (including phenoxy) is 2. The van der Waals surface area contributed by atoms with Crippen molar-refractivity contribution >= 4 is 46.9 Å². The molecule has 6 N–H and O–H groups in total. The molecule has 57 heavy (non-hydrogen) atoms. The molecule has 300 valence electrons. The summed E-state index contributed by atoms with van der Waals surface area (Å²) in [6, 6.07) is 16.3. The van der Waals surface area contributed by atoms with Crippen LogP contribution >= 0.6 is 23.2 Å². The maximum absolute atomic E-state index is 13.8. The molecule has 1 aliphatic carbocycles. The van der Waals surface area contributed by atoms with Crippen molar-refractivity contribution in [2.24, 2.45) is 0 Å². The number of carbonyl (C=O) groups is 3. The van der Waals surface area contributed by atoms with Crippen LogP contribution in [0, 0.1) is 0 Å². The van der Waals surface area contributed by atoms with Gasteiger partial charge in [0, 0.05) is 43.0 Å². The number of piperidine rings is 2. The number of aliphatic carboxylic acids is 2. The van der Waals surface area contributed by atoms with Gasteiger partial charge in [0.25, 0.3) is 5.91 Å². The third-order valence-corrected chi connectivity index (χ3v) is 11.8. The van der Waals surface area contributed by atoms with Gasteiger partial charge in [0.2, 0.25) is 11.8 Å². The number of pyridine rings is 2. The maximum atomic E-state index is 13.8. The molecule has 4 heterocycles. The number of carboxylic acid groups (broad SMARTS) is 2. The number of halogens is 2. The summed E-state index contributed by atoms with van der Waals surface area (Å²) in [5.74, 6) is -2.11. The van der Waals surface area contributed by atoms with Crippen molar-refractivity contribution in [3.63, 3.8) is 0 Å². The van der Waals surface area contributed by atoms with Crippen LogP contribution in [0.3, 0.4) is 0 Å². The Labute approximate surface area is 338 Å². The van der Waals surface area contributed by atoms with Gasteiger partial charge in [0.15, 0.2) is 11.2 Å². The van der Waals surface area contributed by atoms with Crippen LogP contribution in [0.4, 0.5) is 5.82 Å². The van der Waals surface area contributed by atoms with Gasteiger partial charge < -0.3 is 40.5 Å². The average molecular weight is 821 g/mol. The fourth-order valence-corrected chi connectivity index (χ4v) is 8.54. The molecule has 7 rings (SSSR count). The molecule has 4 atom stereocenters. The topological polar surface area (TPSA) is 204 Å². The fraction of sp³-hybridized carbons (Fsp3) is 0.390. The summed E-state index contributed by atoms with van der Waals surface area (Å²) in [6.07, 6.45) is 4.18. The van der Waals surface area contributed by atoms with Crippen molar-refractivity contribution < 1.29 is 44.3 Å². The predicted molar refractivity (Wildman–Crippen MR) is 211 cm³/mol. The van der Waals surface area contributed by atoms with E-state index in [1.54, 1.807) is 30.5 Å². The Morgan fingerprint density at radius 1 is 0.965 bits per heavy atom. The van der Waals surface area contributed by atoms with E-state index in [1.165, 1.54) is 7.11 Å². The molecule has 2 aromatic heterocycles. The van der Waals surface area contributed by atoms with E-state index in [9.17, 15) is 34.8 Å². The Bertz CT molecular complexity index is 2200. The van der Waals surface area contributed by atoms with E-state index in [4.69, 9.17) is 32.7 Å². The van der Waals surface area contributed by atoms with Gasteiger partial charge in [-0.3, -0.25) is 9.69 Å².